The van der Waals surface area contributed by atoms with Crippen molar-refractivity contribution >= 4 is 11.6 Å². The number of hydrogen-bond acceptors (Lipinski definition) is 4. The van der Waals surface area contributed by atoms with Crippen LogP contribution in [0.2, 0.25) is 5.02 Å². The smallest absolute Gasteiger partial charge is 0.255 e. The fraction of sp³-hybridized carbons (Fsp3) is 0.211. The number of benzene rings is 1. The van der Waals surface area contributed by atoms with Gasteiger partial charge >= 0.3 is 0 Å². The van der Waals surface area contributed by atoms with Gasteiger partial charge in [0.15, 0.2) is 0 Å². The third kappa shape index (κ3) is 3.38. The van der Waals surface area contributed by atoms with Crippen molar-refractivity contribution in [2.24, 2.45) is 0 Å². The lowest BCUT2D eigenvalue weighted by Gasteiger charge is -2.28. The van der Waals surface area contributed by atoms with Crippen molar-refractivity contribution in [2.75, 3.05) is 6.54 Å². The highest BCUT2D eigenvalue weighted by Gasteiger charge is 2.22. The zero-order valence-electron chi connectivity index (χ0n) is 13.9. The highest BCUT2D eigenvalue weighted by Crippen LogP contribution is 2.23. The topological polar surface area (TPSA) is 61.9 Å². The van der Waals surface area contributed by atoms with Crippen LogP contribution in [0.15, 0.2) is 47.5 Å². The number of fused-ring (bicyclic) bond motifs is 1. The normalized spacial score (nSPS) is 14.2. The van der Waals surface area contributed by atoms with Crippen LogP contribution >= 0.6 is 11.6 Å². The van der Waals surface area contributed by atoms with Crippen LogP contribution in [0, 0.1) is 5.82 Å². The SMILES string of the molecule is O=c1[nH]c(-c2cccnc2)nc2c1CN(Cc1ccc(F)cc1Cl)CC2. The molecule has 0 saturated carbocycles. The monoisotopic (exact) mass is 370 g/mol. The molecule has 2 aromatic heterocycles. The van der Waals surface area contributed by atoms with Crippen LogP contribution in [0.3, 0.4) is 0 Å². The van der Waals surface area contributed by atoms with Crippen LogP contribution in [0.5, 0.6) is 0 Å². The lowest BCUT2D eigenvalue weighted by Crippen LogP contribution is -2.35. The quantitative estimate of drug-likeness (QED) is 0.769. The highest BCUT2D eigenvalue weighted by atomic mass is 35.5. The van der Waals surface area contributed by atoms with Gasteiger partial charge in [0.05, 0.1) is 11.3 Å². The fourth-order valence-corrected chi connectivity index (χ4v) is 3.37. The molecule has 26 heavy (non-hydrogen) atoms. The van der Waals surface area contributed by atoms with Crippen LogP contribution in [0.1, 0.15) is 16.8 Å². The number of nitrogens with zero attached hydrogens (tertiary/aromatic N) is 3. The summed E-state index contributed by atoms with van der Waals surface area (Å²) in [7, 11) is 0. The first kappa shape index (κ1) is 16.9. The van der Waals surface area contributed by atoms with Crippen molar-refractivity contribution < 1.29 is 4.39 Å². The van der Waals surface area contributed by atoms with Crippen LogP contribution in [0.25, 0.3) is 11.4 Å². The van der Waals surface area contributed by atoms with E-state index in [0.29, 0.717) is 35.9 Å². The minimum absolute atomic E-state index is 0.135. The summed E-state index contributed by atoms with van der Waals surface area (Å²) in [6.45, 7) is 1.80. The van der Waals surface area contributed by atoms with E-state index in [2.05, 4.69) is 19.9 Å². The Kier molecular flexibility index (Phi) is 4.53. The molecule has 0 aliphatic carbocycles. The minimum Gasteiger partial charge on any atom is -0.306 e. The number of aromatic amines is 1. The molecular weight excluding hydrogens is 355 g/mol. The summed E-state index contributed by atoms with van der Waals surface area (Å²) in [5.41, 5.74) is 2.97. The third-order valence-electron chi connectivity index (χ3n) is 4.49. The van der Waals surface area contributed by atoms with Gasteiger partial charge in [0.25, 0.3) is 5.56 Å². The van der Waals surface area contributed by atoms with E-state index in [9.17, 15) is 9.18 Å². The highest BCUT2D eigenvalue weighted by molar-refractivity contribution is 6.31. The van der Waals surface area contributed by atoms with Gasteiger partial charge in [-0.1, -0.05) is 17.7 Å². The van der Waals surface area contributed by atoms with Gasteiger partial charge in [0.2, 0.25) is 0 Å². The van der Waals surface area contributed by atoms with E-state index in [0.717, 1.165) is 23.4 Å². The van der Waals surface area contributed by atoms with Crippen molar-refractivity contribution in [1.29, 1.82) is 0 Å². The van der Waals surface area contributed by atoms with Gasteiger partial charge in [0, 0.05) is 49.0 Å². The Hall–Kier alpha value is -2.57. The second-order valence-corrected chi connectivity index (χ2v) is 6.69. The fourth-order valence-electron chi connectivity index (χ4n) is 3.15. The molecule has 0 unspecified atom stereocenters. The van der Waals surface area contributed by atoms with Gasteiger partial charge in [-0.25, -0.2) is 9.37 Å². The summed E-state index contributed by atoms with van der Waals surface area (Å²) in [4.78, 5) is 26.2. The lowest BCUT2D eigenvalue weighted by molar-refractivity contribution is 0.242. The van der Waals surface area contributed by atoms with Crippen molar-refractivity contribution in [3.05, 3.63) is 80.7 Å². The Morgan fingerprint density at radius 2 is 2.19 bits per heavy atom. The molecule has 0 fully saturated rings. The molecule has 132 valence electrons. The Bertz CT molecular complexity index is 1010. The standard InChI is InChI=1S/C19H16ClFN4O/c20-16-8-14(21)4-3-13(16)10-25-7-5-17-15(11-25)19(26)24-18(23-17)12-2-1-6-22-9-12/h1-4,6,8-9H,5,7,10-11H2,(H,23,24,26). The first-order valence-corrected chi connectivity index (χ1v) is 8.67. The summed E-state index contributed by atoms with van der Waals surface area (Å²) in [5.74, 6) is 0.184. The molecule has 1 aromatic carbocycles. The third-order valence-corrected chi connectivity index (χ3v) is 4.84. The zero-order chi connectivity index (χ0) is 18.1. The molecule has 0 saturated heterocycles. The maximum atomic E-state index is 13.2. The van der Waals surface area contributed by atoms with Crippen LogP contribution < -0.4 is 5.56 Å². The molecule has 1 aliphatic heterocycles. The number of aromatic nitrogens is 3. The Morgan fingerprint density at radius 1 is 1.31 bits per heavy atom. The van der Waals surface area contributed by atoms with Crippen molar-refractivity contribution in [3.8, 4) is 11.4 Å². The van der Waals surface area contributed by atoms with E-state index in [1.165, 1.54) is 12.1 Å². The first-order chi connectivity index (χ1) is 12.6. The number of hydrogen-bond donors (Lipinski definition) is 1. The molecule has 3 heterocycles. The summed E-state index contributed by atoms with van der Waals surface area (Å²) >= 11 is 6.12. The molecule has 0 amide bonds. The van der Waals surface area contributed by atoms with Gasteiger partial charge in [0.1, 0.15) is 11.6 Å². The summed E-state index contributed by atoms with van der Waals surface area (Å²) in [6, 6.07) is 8.06. The first-order valence-electron chi connectivity index (χ1n) is 8.29. The average Bonchev–Trinajstić information content (AvgIpc) is 2.65. The maximum absolute atomic E-state index is 13.2. The second-order valence-electron chi connectivity index (χ2n) is 6.28. The average molecular weight is 371 g/mol. The van der Waals surface area contributed by atoms with E-state index in [1.807, 2.05) is 12.1 Å². The molecule has 7 heteroatoms. The Balaban J connectivity index is 1.58. The molecule has 4 rings (SSSR count). The molecule has 1 aliphatic rings. The zero-order valence-corrected chi connectivity index (χ0v) is 14.6. The van der Waals surface area contributed by atoms with E-state index in [4.69, 9.17) is 11.6 Å². The molecule has 0 radical (unpaired) electrons. The molecule has 5 nitrogen and oxygen atoms in total. The van der Waals surface area contributed by atoms with E-state index < -0.39 is 0 Å². The van der Waals surface area contributed by atoms with Gasteiger partial charge in [-0.3, -0.25) is 14.7 Å². The molecule has 0 atom stereocenters. The van der Waals surface area contributed by atoms with E-state index >= 15 is 0 Å². The van der Waals surface area contributed by atoms with Crippen LogP contribution in [-0.2, 0) is 19.5 Å². The number of H-pyrrole nitrogens is 1. The molecule has 0 bridgehead atoms. The lowest BCUT2D eigenvalue weighted by atomic mass is 10.1. The van der Waals surface area contributed by atoms with Gasteiger partial charge in [-0.05, 0) is 29.8 Å². The number of rotatable bonds is 3. The van der Waals surface area contributed by atoms with Crippen molar-refractivity contribution in [1.82, 2.24) is 19.9 Å². The maximum Gasteiger partial charge on any atom is 0.255 e. The molecule has 0 spiro atoms. The summed E-state index contributed by atoms with van der Waals surface area (Å²) in [6.07, 6.45) is 4.03. The number of halogens is 2. The van der Waals surface area contributed by atoms with Crippen molar-refractivity contribution in [2.45, 2.75) is 19.5 Å². The Labute approximate surface area is 154 Å². The predicted octanol–water partition coefficient (Wildman–Crippen LogP) is 3.18. The van der Waals surface area contributed by atoms with E-state index in [-0.39, 0.29) is 11.4 Å². The summed E-state index contributed by atoms with van der Waals surface area (Å²) < 4.78 is 13.2. The van der Waals surface area contributed by atoms with E-state index in [1.54, 1.807) is 18.5 Å². The second kappa shape index (κ2) is 6.97. The predicted molar refractivity (Wildman–Crippen MR) is 97.3 cm³/mol. The number of pyridine rings is 1. The Morgan fingerprint density at radius 3 is 2.96 bits per heavy atom. The summed E-state index contributed by atoms with van der Waals surface area (Å²) in [5, 5.41) is 0.398. The van der Waals surface area contributed by atoms with Gasteiger partial charge in [-0.15, -0.1) is 0 Å². The van der Waals surface area contributed by atoms with Gasteiger partial charge < -0.3 is 4.98 Å². The van der Waals surface area contributed by atoms with Gasteiger partial charge in [-0.2, -0.15) is 0 Å². The van der Waals surface area contributed by atoms with Crippen LogP contribution in [0.4, 0.5) is 4.39 Å². The van der Waals surface area contributed by atoms with Crippen molar-refractivity contribution in [3.63, 3.8) is 0 Å². The molecular formula is C19H16ClFN4O. The molecule has 1 N–H and O–H groups in total. The largest absolute Gasteiger partial charge is 0.306 e. The minimum atomic E-state index is -0.355. The molecule has 3 aromatic rings. The van der Waals surface area contributed by atoms with Crippen LogP contribution in [-0.4, -0.2) is 26.4 Å². The number of nitrogens with one attached hydrogen (secondary N) is 1.